The molecule has 0 aliphatic heterocycles. The van der Waals surface area contributed by atoms with Crippen molar-refractivity contribution in [1.29, 1.82) is 0 Å². The van der Waals surface area contributed by atoms with Gasteiger partial charge in [-0.15, -0.1) is 10.2 Å². The maximum Gasteiger partial charge on any atom is 0.191 e. The van der Waals surface area contributed by atoms with Gasteiger partial charge in [-0.05, 0) is 30.7 Å². The van der Waals surface area contributed by atoms with Crippen molar-refractivity contribution in [1.82, 2.24) is 25.2 Å². The lowest BCUT2D eigenvalue weighted by Gasteiger charge is -2.20. The minimum Gasteiger partial charge on any atom is -0.486 e. The van der Waals surface area contributed by atoms with Crippen molar-refractivity contribution >= 4 is 11.6 Å². The number of hydrogen-bond acceptors (Lipinski definition) is 4. The van der Waals surface area contributed by atoms with Crippen LogP contribution in [0.5, 0.6) is 5.75 Å². The van der Waals surface area contributed by atoms with Crippen LogP contribution in [0, 0.1) is 5.82 Å². The Balaban J connectivity index is 1.54. The van der Waals surface area contributed by atoms with E-state index in [0.29, 0.717) is 19.0 Å². The first-order valence-electron chi connectivity index (χ1n) is 8.85. The third-order valence-corrected chi connectivity index (χ3v) is 4.10. The predicted molar refractivity (Wildman–Crippen MR) is 102 cm³/mol. The van der Waals surface area contributed by atoms with Crippen LogP contribution in [-0.4, -0.2) is 40.3 Å². The molecule has 2 N–H and O–H groups in total. The maximum absolute atomic E-state index is 13.8. The second-order valence-electron chi connectivity index (χ2n) is 5.93. The van der Waals surface area contributed by atoms with E-state index in [2.05, 4.69) is 25.8 Å². The molecule has 0 bridgehead atoms. The highest BCUT2D eigenvalue weighted by molar-refractivity contribution is 5.79. The fourth-order valence-electron chi connectivity index (χ4n) is 2.59. The first-order chi connectivity index (χ1) is 13.2. The zero-order valence-corrected chi connectivity index (χ0v) is 15.4. The summed E-state index contributed by atoms with van der Waals surface area (Å²) in [6.07, 6.45) is 2.46. The standard InChI is InChI=1S/C19H23FN6O/c1-3-14(27-16-9-5-4-8-15(16)20)12-22-19(21-2)23-13-18-25-24-17-10-6-7-11-26(17)18/h4-11,14H,3,12-13H2,1-2H3,(H2,21,22,23). The molecule has 0 radical (unpaired) electrons. The van der Waals surface area contributed by atoms with E-state index in [0.717, 1.165) is 17.9 Å². The smallest absolute Gasteiger partial charge is 0.191 e. The van der Waals surface area contributed by atoms with Crippen molar-refractivity contribution in [2.75, 3.05) is 13.6 Å². The molecule has 0 spiro atoms. The van der Waals surface area contributed by atoms with Crippen molar-refractivity contribution in [2.24, 2.45) is 4.99 Å². The van der Waals surface area contributed by atoms with Crippen molar-refractivity contribution in [3.05, 3.63) is 60.3 Å². The Hall–Kier alpha value is -3.16. The van der Waals surface area contributed by atoms with Gasteiger partial charge in [-0.25, -0.2) is 4.39 Å². The summed E-state index contributed by atoms with van der Waals surface area (Å²) in [4.78, 5) is 4.21. The summed E-state index contributed by atoms with van der Waals surface area (Å²) in [5.74, 6) is 1.28. The Bertz CT molecular complexity index is 910. The highest BCUT2D eigenvalue weighted by Crippen LogP contribution is 2.17. The van der Waals surface area contributed by atoms with E-state index in [1.165, 1.54) is 6.07 Å². The van der Waals surface area contributed by atoms with Crippen LogP contribution in [0.25, 0.3) is 5.65 Å². The molecule has 2 aromatic heterocycles. The molecule has 0 amide bonds. The van der Waals surface area contributed by atoms with E-state index >= 15 is 0 Å². The van der Waals surface area contributed by atoms with Gasteiger partial charge >= 0.3 is 0 Å². The summed E-state index contributed by atoms with van der Waals surface area (Å²) < 4.78 is 21.4. The number of para-hydroxylation sites is 1. The van der Waals surface area contributed by atoms with Gasteiger partial charge in [-0.2, -0.15) is 0 Å². The third-order valence-electron chi connectivity index (χ3n) is 4.10. The monoisotopic (exact) mass is 370 g/mol. The van der Waals surface area contributed by atoms with Gasteiger partial charge in [-0.3, -0.25) is 9.39 Å². The van der Waals surface area contributed by atoms with Gasteiger partial charge in [0.15, 0.2) is 29.0 Å². The zero-order valence-electron chi connectivity index (χ0n) is 15.4. The number of hydrogen-bond donors (Lipinski definition) is 2. The summed E-state index contributed by atoms with van der Waals surface area (Å²) in [6, 6.07) is 12.2. The molecule has 0 fully saturated rings. The van der Waals surface area contributed by atoms with E-state index in [4.69, 9.17) is 4.74 Å². The maximum atomic E-state index is 13.8. The van der Waals surface area contributed by atoms with Crippen LogP contribution >= 0.6 is 0 Å². The zero-order chi connectivity index (χ0) is 19.1. The SMILES string of the molecule is CCC(CNC(=NC)NCc1nnc2ccccn12)Oc1ccccc1F. The molecule has 2 heterocycles. The number of nitrogens with one attached hydrogen (secondary N) is 2. The summed E-state index contributed by atoms with van der Waals surface area (Å²) >= 11 is 0. The molecule has 0 saturated carbocycles. The number of guanidine groups is 1. The number of halogens is 1. The third kappa shape index (κ3) is 4.72. The molecule has 0 aliphatic carbocycles. The van der Waals surface area contributed by atoms with E-state index in [1.807, 2.05) is 35.7 Å². The van der Waals surface area contributed by atoms with Gasteiger partial charge in [-0.1, -0.05) is 25.1 Å². The Kier molecular flexibility index (Phi) is 6.19. The van der Waals surface area contributed by atoms with Gasteiger partial charge in [0.2, 0.25) is 0 Å². The lowest BCUT2D eigenvalue weighted by atomic mass is 10.2. The predicted octanol–water partition coefficient (Wildman–Crippen LogP) is 2.39. The van der Waals surface area contributed by atoms with Crippen molar-refractivity contribution in [3.63, 3.8) is 0 Å². The lowest BCUT2D eigenvalue weighted by molar-refractivity contribution is 0.191. The normalized spacial score (nSPS) is 12.8. The van der Waals surface area contributed by atoms with Crippen molar-refractivity contribution in [3.8, 4) is 5.75 Å². The van der Waals surface area contributed by atoms with E-state index < -0.39 is 0 Å². The van der Waals surface area contributed by atoms with Crippen LogP contribution in [0.2, 0.25) is 0 Å². The largest absolute Gasteiger partial charge is 0.486 e. The molecule has 142 valence electrons. The number of rotatable bonds is 7. The molecular weight excluding hydrogens is 347 g/mol. The summed E-state index contributed by atoms with van der Waals surface area (Å²) in [7, 11) is 1.69. The Morgan fingerprint density at radius 3 is 2.78 bits per heavy atom. The van der Waals surface area contributed by atoms with E-state index in [-0.39, 0.29) is 17.7 Å². The fourth-order valence-corrected chi connectivity index (χ4v) is 2.59. The van der Waals surface area contributed by atoms with Gasteiger partial charge in [0.25, 0.3) is 0 Å². The molecule has 1 aromatic carbocycles. The van der Waals surface area contributed by atoms with Crippen LogP contribution in [0.3, 0.4) is 0 Å². The van der Waals surface area contributed by atoms with Gasteiger partial charge in [0.1, 0.15) is 6.10 Å². The molecule has 27 heavy (non-hydrogen) atoms. The Labute approximate surface area is 157 Å². The minimum atomic E-state index is -0.364. The molecule has 1 unspecified atom stereocenters. The number of benzene rings is 1. The van der Waals surface area contributed by atoms with Crippen LogP contribution in [0.1, 0.15) is 19.2 Å². The van der Waals surface area contributed by atoms with Crippen LogP contribution < -0.4 is 15.4 Å². The number of fused-ring (bicyclic) bond motifs is 1. The first kappa shape index (κ1) is 18.6. The molecule has 1 atom stereocenters. The number of nitrogens with zero attached hydrogens (tertiary/aromatic N) is 4. The first-order valence-corrected chi connectivity index (χ1v) is 8.85. The minimum absolute atomic E-state index is 0.186. The average Bonchev–Trinajstić information content (AvgIpc) is 3.11. The highest BCUT2D eigenvalue weighted by atomic mass is 19.1. The molecule has 7 nitrogen and oxygen atoms in total. The molecule has 3 rings (SSSR count). The number of ether oxygens (including phenoxy) is 1. The van der Waals surface area contributed by atoms with Gasteiger partial charge < -0.3 is 15.4 Å². The quantitative estimate of drug-likeness (QED) is 0.493. The molecule has 3 aromatic rings. The van der Waals surface area contributed by atoms with Crippen molar-refractivity contribution in [2.45, 2.75) is 26.0 Å². The lowest BCUT2D eigenvalue weighted by Crippen LogP contribution is -2.42. The number of aromatic nitrogens is 3. The van der Waals surface area contributed by atoms with Gasteiger partial charge in [0.05, 0.1) is 13.1 Å². The second-order valence-corrected chi connectivity index (χ2v) is 5.93. The van der Waals surface area contributed by atoms with Crippen LogP contribution in [0.15, 0.2) is 53.7 Å². The summed E-state index contributed by atoms with van der Waals surface area (Å²) in [6.45, 7) is 2.95. The molecule has 8 heteroatoms. The summed E-state index contributed by atoms with van der Waals surface area (Å²) in [5, 5.41) is 14.7. The topological polar surface area (TPSA) is 75.8 Å². The van der Waals surface area contributed by atoms with Crippen LogP contribution in [0.4, 0.5) is 4.39 Å². The number of pyridine rings is 1. The van der Waals surface area contributed by atoms with E-state index in [1.54, 1.807) is 25.2 Å². The highest BCUT2D eigenvalue weighted by Gasteiger charge is 2.12. The molecular formula is C19H23FN6O. The van der Waals surface area contributed by atoms with Crippen LogP contribution in [-0.2, 0) is 6.54 Å². The molecule has 0 aliphatic rings. The average molecular weight is 370 g/mol. The van der Waals surface area contributed by atoms with Gasteiger partial charge in [0, 0.05) is 13.2 Å². The molecule has 0 saturated heterocycles. The van der Waals surface area contributed by atoms with Crippen molar-refractivity contribution < 1.29 is 9.13 Å². The van der Waals surface area contributed by atoms with E-state index in [9.17, 15) is 4.39 Å². The fraction of sp³-hybridized carbons (Fsp3) is 0.316. The summed E-state index contributed by atoms with van der Waals surface area (Å²) in [5.41, 5.74) is 0.793. The second kappa shape index (κ2) is 8.98. The number of aliphatic imine (C=N–C) groups is 1. The Morgan fingerprint density at radius 2 is 2.00 bits per heavy atom. The Morgan fingerprint density at radius 1 is 1.19 bits per heavy atom.